The Morgan fingerprint density at radius 3 is 2.38 bits per heavy atom. The molecule has 0 N–H and O–H groups in total. The van der Waals surface area contributed by atoms with Crippen molar-refractivity contribution >= 4 is 25.8 Å². The van der Waals surface area contributed by atoms with Crippen LogP contribution in [0.2, 0.25) is 0 Å². The van der Waals surface area contributed by atoms with E-state index in [1.807, 2.05) is 19.1 Å². The topological polar surface area (TPSA) is 34.1 Å². The van der Waals surface area contributed by atoms with Crippen molar-refractivity contribution in [1.29, 1.82) is 0 Å². The molecule has 0 aromatic heterocycles. The van der Waals surface area contributed by atoms with Gasteiger partial charge in [0, 0.05) is 11.1 Å². The van der Waals surface area contributed by atoms with Gasteiger partial charge in [0.2, 0.25) is 0 Å². The van der Waals surface area contributed by atoms with Crippen molar-refractivity contribution < 1.29 is 8.42 Å². The van der Waals surface area contributed by atoms with E-state index in [-0.39, 0.29) is 5.92 Å². The second-order valence-electron chi connectivity index (χ2n) is 4.02. The summed E-state index contributed by atoms with van der Waals surface area (Å²) >= 11 is 3.58. The summed E-state index contributed by atoms with van der Waals surface area (Å²) < 4.78 is 23.3. The lowest BCUT2D eigenvalue weighted by Crippen LogP contribution is -2.12. The van der Waals surface area contributed by atoms with Gasteiger partial charge in [0.15, 0.2) is 9.84 Å². The molecule has 0 aliphatic carbocycles. The number of benzene rings is 1. The molecule has 1 aromatic rings. The minimum Gasteiger partial charge on any atom is -0.224 e. The van der Waals surface area contributed by atoms with E-state index >= 15 is 0 Å². The smallest absolute Gasteiger partial charge is 0.175 e. The molecule has 0 bridgehead atoms. The molecule has 0 radical (unpaired) electrons. The molecule has 4 heteroatoms. The van der Waals surface area contributed by atoms with Crippen LogP contribution in [0.5, 0.6) is 0 Å². The Kier molecular flexibility index (Phi) is 4.56. The van der Waals surface area contributed by atoms with Crippen LogP contribution >= 0.6 is 15.9 Å². The normalized spacial score (nSPS) is 15.8. The first kappa shape index (κ1) is 13.7. The van der Waals surface area contributed by atoms with Crippen molar-refractivity contribution in [2.24, 2.45) is 0 Å². The molecule has 2 unspecified atom stereocenters. The molecule has 0 spiro atoms. The molecule has 0 amide bonds. The molecular weight excluding hydrogens is 288 g/mol. The molecule has 0 saturated carbocycles. The molecule has 0 aliphatic heterocycles. The molecule has 16 heavy (non-hydrogen) atoms. The Morgan fingerprint density at radius 1 is 1.31 bits per heavy atom. The maximum absolute atomic E-state index is 11.7. The Hall–Kier alpha value is -0.350. The summed E-state index contributed by atoms with van der Waals surface area (Å²) in [5.74, 6) is 0.191. The van der Waals surface area contributed by atoms with Crippen LogP contribution in [-0.4, -0.2) is 19.5 Å². The highest BCUT2D eigenvalue weighted by atomic mass is 79.9. The fraction of sp³-hybridized carbons (Fsp3) is 0.500. The Balaban J connectivity index is 3.24. The number of halogens is 1. The Morgan fingerprint density at radius 2 is 1.88 bits per heavy atom. The van der Waals surface area contributed by atoms with Crippen molar-refractivity contribution in [2.45, 2.75) is 35.9 Å². The molecule has 0 fully saturated rings. The number of alkyl halides is 1. The quantitative estimate of drug-likeness (QED) is 0.799. The van der Waals surface area contributed by atoms with Crippen LogP contribution < -0.4 is 0 Å². The van der Waals surface area contributed by atoms with Crippen LogP contribution in [0.4, 0.5) is 0 Å². The standard InChI is InChI=1S/C12H17BrO2S/c1-4-11(13)9(2)10-7-5-6-8-12(10)16(3,14)15/h5-9,11H,4H2,1-3H3. The molecule has 0 saturated heterocycles. The first-order chi connectivity index (χ1) is 7.38. The zero-order chi connectivity index (χ0) is 12.3. The van der Waals surface area contributed by atoms with E-state index in [2.05, 4.69) is 22.9 Å². The SMILES string of the molecule is CCC(Br)C(C)c1ccccc1S(C)(=O)=O. The monoisotopic (exact) mass is 304 g/mol. The van der Waals surface area contributed by atoms with Crippen molar-refractivity contribution in [3.05, 3.63) is 29.8 Å². The highest BCUT2D eigenvalue weighted by Crippen LogP contribution is 2.31. The maximum Gasteiger partial charge on any atom is 0.175 e. The summed E-state index contributed by atoms with van der Waals surface area (Å²) in [7, 11) is -3.14. The lowest BCUT2D eigenvalue weighted by molar-refractivity contribution is 0.597. The number of rotatable bonds is 4. The largest absolute Gasteiger partial charge is 0.224 e. The van der Waals surface area contributed by atoms with Crippen molar-refractivity contribution in [3.8, 4) is 0 Å². The van der Waals surface area contributed by atoms with E-state index in [0.29, 0.717) is 9.72 Å². The van der Waals surface area contributed by atoms with E-state index in [9.17, 15) is 8.42 Å². The predicted octanol–water partition coefficient (Wildman–Crippen LogP) is 3.37. The van der Waals surface area contributed by atoms with Gasteiger partial charge in [-0.05, 0) is 24.0 Å². The minimum absolute atomic E-state index is 0.191. The molecule has 2 nitrogen and oxygen atoms in total. The summed E-state index contributed by atoms with van der Waals surface area (Å²) in [4.78, 5) is 0.746. The molecule has 1 rings (SSSR count). The third-order valence-corrected chi connectivity index (χ3v) is 5.35. The molecule has 2 atom stereocenters. The molecule has 0 heterocycles. The minimum atomic E-state index is -3.14. The summed E-state index contributed by atoms with van der Waals surface area (Å²) in [6.45, 7) is 4.13. The predicted molar refractivity (Wildman–Crippen MR) is 71.0 cm³/mol. The van der Waals surface area contributed by atoms with Crippen molar-refractivity contribution in [3.63, 3.8) is 0 Å². The van der Waals surface area contributed by atoms with E-state index in [0.717, 1.165) is 12.0 Å². The van der Waals surface area contributed by atoms with Gasteiger partial charge in [0.1, 0.15) is 0 Å². The lowest BCUT2D eigenvalue weighted by Gasteiger charge is -2.19. The van der Waals surface area contributed by atoms with Gasteiger partial charge in [0.25, 0.3) is 0 Å². The Labute approximate surface area is 106 Å². The summed E-state index contributed by atoms with van der Waals surface area (Å²) in [6.07, 6.45) is 2.23. The first-order valence-electron chi connectivity index (χ1n) is 5.31. The van der Waals surface area contributed by atoms with Crippen LogP contribution in [0.25, 0.3) is 0 Å². The molecule has 90 valence electrons. The second kappa shape index (κ2) is 5.32. The number of hydrogen-bond donors (Lipinski definition) is 0. The van der Waals surface area contributed by atoms with Crippen molar-refractivity contribution in [1.82, 2.24) is 0 Å². The maximum atomic E-state index is 11.7. The van der Waals surface area contributed by atoms with Gasteiger partial charge in [-0.15, -0.1) is 0 Å². The van der Waals surface area contributed by atoms with Crippen LogP contribution in [0.15, 0.2) is 29.2 Å². The average molecular weight is 305 g/mol. The van der Waals surface area contributed by atoms with Gasteiger partial charge in [-0.2, -0.15) is 0 Å². The van der Waals surface area contributed by atoms with Gasteiger partial charge in [-0.3, -0.25) is 0 Å². The lowest BCUT2D eigenvalue weighted by atomic mass is 9.96. The zero-order valence-electron chi connectivity index (χ0n) is 9.77. The summed E-state index contributed by atoms with van der Waals surface area (Å²) in [5.41, 5.74) is 0.897. The van der Waals surface area contributed by atoms with Gasteiger partial charge in [-0.25, -0.2) is 8.42 Å². The van der Waals surface area contributed by atoms with E-state index < -0.39 is 9.84 Å². The zero-order valence-corrected chi connectivity index (χ0v) is 12.2. The van der Waals surface area contributed by atoms with Crippen LogP contribution in [0.3, 0.4) is 0 Å². The highest BCUT2D eigenvalue weighted by molar-refractivity contribution is 9.09. The Bertz CT molecular complexity index is 454. The number of sulfone groups is 1. The summed E-state index contributed by atoms with van der Waals surface area (Å²) in [5, 5.41) is 0. The average Bonchev–Trinajstić information content (AvgIpc) is 2.26. The first-order valence-corrected chi connectivity index (χ1v) is 8.11. The highest BCUT2D eigenvalue weighted by Gasteiger charge is 2.21. The van der Waals surface area contributed by atoms with Gasteiger partial charge in [-0.1, -0.05) is 48.0 Å². The van der Waals surface area contributed by atoms with Crippen molar-refractivity contribution in [2.75, 3.05) is 6.26 Å². The van der Waals surface area contributed by atoms with E-state index in [1.165, 1.54) is 6.26 Å². The van der Waals surface area contributed by atoms with Gasteiger partial charge < -0.3 is 0 Å². The van der Waals surface area contributed by atoms with Gasteiger partial charge in [0.05, 0.1) is 4.90 Å². The van der Waals surface area contributed by atoms with E-state index in [1.54, 1.807) is 12.1 Å². The fourth-order valence-corrected chi connectivity index (χ4v) is 3.04. The summed E-state index contributed by atoms with van der Waals surface area (Å²) in [6, 6.07) is 7.22. The molecule has 0 aliphatic rings. The number of hydrogen-bond acceptors (Lipinski definition) is 2. The van der Waals surface area contributed by atoms with Crippen LogP contribution in [0, 0.1) is 0 Å². The third-order valence-electron chi connectivity index (χ3n) is 2.74. The fourth-order valence-electron chi connectivity index (χ4n) is 1.74. The van der Waals surface area contributed by atoms with Crippen LogP contribution in [0.1, 0.15) is 31.7 Å². The molecular formula is C12H17BrO2S. The van der Waals surface area contributed by atoms with Crippen LogP contribution in [-0.2, 0) is 9.84 Å². The van der Waals surface area contributed by atoms with E-state index in [4.69, 9.17) is 0 Å². The molecule has 1 aromatic carbocycles. The van der Waals surface area contributed by atoms with Gasteiger partial charge >= 0.3 is 0 Å². The third kappa shape index (κ3) is 3.08. The second-order valence-corrected chi connectivity index (χ2v) is 7.18.